The van der Waals surface area contributed by atoms with Gasteiger partial charge in [0.1, 0.15) is 5.82 Å². The SMILES string of the molecule is Cc1ccc(-c2cnc3n2CCN(C)C32CCN(Cc3cccnc3)CC2)cc1. The summed E-state index contributed by atoms with van der Waals surface area (Å²) in [5, 5.41) is 0. The molecule has 0 radical (unpaired) electrons. The minimum atomic E-state index is 0.0482. The molecule has 0 aliphatic carbocycles. The Labute approximate surface area is 173 Å². The van der Waals surface area contributed by atoms with Crippen LogP contribution >= 0.6 is 0 Å². The number of imidazole rings is 1. The molecule has 2 aromatic heterocycles. The van der Waals surface area contributed by atoms with Crippen LogP contribution in [0.5, 0.6) is 0 Å². The van der Waals surface area contributed by atoms with Gasteiger partial charge in [-0.15, -0.1) is 0 Å². The molecule has 0 unspecified atom stereocenters. The van der Waals surface area contributed by atoms with Crippen LogP contribution in [0.15, 0.2) is 55.0 Å². The van der Waals surface area contributed by atoms with Crippen molar-refractivity contribution in [2.24, 2.45) is 0 Å². The summed E-state index contributed by atoms with van der Waals surface area (Å²) in [6, 6.07) is 13.0. The summed E-state index contributed by atoms with van der Waals surface area (Å²) in [5.41, 5.74) is 5.16. The molecular weight excluding hydrogens is 358 g/mol. The van der Waals surface area contributed by atoms with Gasteiger partial charge in [-0.1, -0.05) is 35.9 Å². The number of nitrogens with zero attached hydrogens (tertiary/aromatic N) is 5. The highest BCUT2D eigenvalue weighted by molar-refractivity contribution is 5.60. The number of piperidine rings is 1. The van der Waals surface area contributed by atoms with E-state index in [1.165, 1.54) is 28.2 Å². The largest absolute Gasteiger partial charge is 0.325 e. The quantitative estimate of drug-likeness (QED) is 0.687. The number of aromatic nitrogens is 3. The van der Waals surface area contributed by atoms with Crippen molar-refractivity contribution in [1.82, 2.24) is 24.3 Å². The number of aryl methyl sites for hydroxylation is 1. The zero-order valence-electron chi connectivity index (χ0n) is 17.4. The molecule has 0 atom stereocenters. The van der Waals surface area contributed by atoms with Crippen LogP contribution in [-0.2, 0) is 18.6 Å². The Hall–Kier alpha value is -2.50. The van der Waals surface area contributed by atoms with Crippen LogP contribution in [0.2, 0.25) is 0 Å². The molecule has 0 amide bonds. The maximum absolute atomic E-state index is 4.98. The summed E-state index contributed by atoms with van der Waals surface area (Å²) in [6.45, 7) is 7.38. The van der Waals surface area contributed by atoms with Gasteiger partial charge in [0.25, 0.3) is 0 Å². The summed E-state index contributed by atoms with van der Waals surface area (Å²) < 4.78 is 2.47. The highest BCUT2D eigenvalue weighted by atomic mass is 15.3. The van der Waals surface area contributed by atoms with E-state index in [4.69, 9.17) is 4.98 Å². The molecule has 5 nitrogen and oxygen atoms in total. The Kier molecular flexibility index (Phi) is 4.72. The molecule has 1 spiro atoms. The van der Waals surface area contributed by atoms with Gasteiger partial charge in [-0.05, 0) is 44.0 Å². The van der Waals surface area contributed by atoms with Crippen molar-refractivity contribution in [1.29, 1.82) is 0 Å². The van der Waals surface area contributed by atoms with Crippen LogP contribution < -0.4 is 0 Å². The maximum Gasteiger partial charge on any atom is 0.129 e. The third-order valence-electron chi connectivity index (χ3n) is 6.82. The molecule has 2 aliphatic heterocycles. The van der Waals surface area contributed by atoms with Crippen molar-refractivity contribution in [3.05, 3.63) is 71.9 Å². The maximum atomic E-state index is 4.98. The Morgan fingerprint density at radius 1 is 0.966 bits per heavy atom. The average molecular weight is 388 g/mol. The summed E-state index contributed by atoms with van der Waals surface area (Å²) in [5.74, 6) is 1.25. The molecule has 3 aromatic rings. The van der Waals surface area contributed by atoms with Gasteiger partial charge in [-0.3, -0.25) is 14.8 Å². The van der Waals surface area contributed by atoms with Gasteiger partial charge >= 0.3 is 0 Å². The summed E-state index contributed by atoms with van der Waals surface area (Å²) in [4.78, 5) is 14.4. The van der Waals surface area contributed by atoms with E-state index in [0.29, 0.717) is 0 Å². The van der Waals surface area contributed by atoms with Crippen LogP contribution in [0.4, 0.5) is 0 Å². The number of rotatable bonds is 3. The van der Waals surface area contributed by atoms with Crippen LogP contribution in [0.25, 0.3) is 11.3 Å². The Morgan fingerprint density at radius 3 is 2.48 bits per heavy atom. The minimum absolute atomic E-state index is 0.0482. The predicted octanol–water partition coefficient (Wildman–Crippen LogP) is 3.69. The van der Waals surface area contributed by atoms with E-state index in [9.17, 15) is 0 Å². The highest BCUT2D eigenvalue weighted by Gasteiger charge is 2.45. The molecule has 1 saturated heterocycles. The molecule has 1 aromatic carbocycles. The number of fused-ring (bicyclic) bond motifs is 2. The molecule has 150 valence electrons. The summed E-state index contributed by atoms with van der Waals surface area (Å²) in [7, 11) is 2.28. The van der Waals surface area contributed by atoms with E-state index >= 15 is 0 Å². The Morgan fingerprint density at radius 2 is 1.76 bits per heavy atom. The third kappa shape index (κ3) is 3.28. The van der Waals surface area contributed by atoms with Gasteiger partial charge in [0.2, 0.25) is 0 Å². The number of hydrogen-bond donors (Lipinski definition) is 0. The van der Waals surface area contributed by atoms with Crippen molar-refractivity contribution < 1.29 is 0 Å². The number of likely N-dealkylation sites (tertiary alicyclic amines) is 1. The highest BCUT2D eigenvalue weighted by Crippen LogP contribution is 2.41. The number of pyridine rings is 1. The second-order valence-electron chi connectivity index (χ2n) is 8.58. The lowest BCUT2D eigenvalue weighted by Gasteiger charge is -2.49. The Balaban J connectivity index is 1.40. The lowest BCUT2D eigenvalue weighted by molar-refractivity contribution is 0.00698. The average Bonchev–Trinajstić information content (AvgIpc) is 3.19. The fourth-order valence-corrected chi connectivity index (χ4v) is 5.00. The summed E-state index contributed by atoms with van der Waals surface area (Å²) in [6.07, 6.45) is 8.15. The van der Waals surface area contributed by atoms with Crippen molar-refractivity contribution in [3.63, 3.8) is 0 Å². The molecular formula is C24H29N5. The zero-order valence-corrected chi connectivity index (χ0v) is 17.4. The monoisotopic (exact) mass is 387 g/mol. The van der Waals surface area contributed by atoms with Gasteiger partial charge in [0.05, 0.1) is 17.4 Å². The molecule has 4 heterocycles. The lowest BCUT2D eigenvalue weighted by Crippen LogP contribution is -2.56. The van der Waals surface area contributed by atoms with Crippen LogP contribution in [0.1, 0.15) is 29.8 Å². The van der Waals surface area contributed by atoms with Crippen molar-refractivity contribution in [2.45, 2.75) is 38.4 Å². The van der Waals surface area contributed by atoms with E-state index < -0.39 is 0 Å². The second kappa shape index (κ2) is 7.39. The normalized spacial score (nSPS) is 19.4. The van der Waals surface area contributed by atoms with E-state index in [-0.39, 0.29) is 5.54 Å². The first kappa shape index (κ1) is 18.5. The van der Waals surface area contributed by atoms with Crippen LogP contribution in [0, 0.1) is 6.92 Å². The molecule has 2 aliphatic rings. The van der Waals surface area contributed by atoms with E-state index in [0.717, 1.165) is 45.6 Å². The van der Waals surface area contributed by atoms with E-state index in [2.05, 4.69) is 69.9 Å². The summed E-state index contributed by atoms with van der Waals surface area (Å²) >= 11 is 0. The fraction of sp³-hybridized carbons (Fsp3) is 0.417. The van der Waals surface area contributed by atoms with Gasteiger partial charge in [-0.2, -0.15) is 0 Å². The first-order valence-corrected chi connectivity index (χ1v) is 10.6. The zero-order chi connectivity index (χ0) is 19.8. The molecule has 5 rings (SSSR count). The first-order chi connectivity index (χ1) is 14.2. The molecule has 1 fully saturated rings. The minimum Gasteiger partial charge on any atom is -0.325 e. The predicted molar refractivity (Wildman–Crippen MR) is 115 cm³/mol. The van der Waals surface area contributed by atoms with Crippen LogP contribution in [0.3, 0.4) is 0 Å². The topological polar surface area (TPSA) is 37.2 Å². The standard InChI is InChI=1S/C24H29N5/c1-19-5-7-21(8-6-19)22-17-26-23-24(27(2)14-15-29(22)23)9-12-28(13-10-24)18-20-4-3-11-25-16-20/h3-8,11,16-17H,9-10,12-15,18H2,1-2H3. The molecule has 29 heavy (non-hydrogen) atoms. The number of hydrogen-bond acceptors (Lipinski definition) is 4. The lowest BCUT2D eigenvalue weighted by atomic mass is 9.83. The molecule has 0 saturated carbocycles. The third-order valence-corrected chi connectivity index (χ3v) is 6.82. The molecule has 5 heteroatoms. The van der Waals surface area contributed by atoms with Crippen molar-refractivity contribution >= 4 is 0 Å². The Bertz CT molecular complexity index is 968. The van der Waals surface area contributed by atoms with E-state index in [1.807, 2.05) is 18.5 Å². The van der Waals surface area contributed by atoms with Crippen LogP contribution in [-0.4, -0.2) is 51.0 Å². The smallest absolute Gasteiger partial charge is 0.129 e. The van der Waals surface area contributed by atoms with E-state index in [1.54, 1.807) is 0 Å². The number of likely N-dealkylation sites (N-methyl/N-ethyl adjacent to an activating group) is 1. The van der Waals surface area contributed by atoms with Gasteiger partial charge < -0.3 is 4.57 Å². The fourth-order valence-electron chi connectivity index (χ4n) is 5.00. The molecule has 0 bridgehead atoms. The van der Waals surface area contributed by atoms with Gasteiger partial charge in [0, 0.05) is 45.1 Å². The second-order valence-corrected chi connectivity index (χ2v) is 8.58. The van der Waals surface area contributed by atoms with Crippen molar-refractivity contribution in [2.75, 3.05) is 26.7 Å². The van der Waals surface area contributed by atoms with Gasteiger partial charge in [-0.25, -0.2) is 4.98 Å². The molecule has 0 N–H and O–H groups in total. The van der Waals surface area contributed by atoms with Crippen molar-refractivity contribution in [3.8, 4) is 11.3 Å². The number of benzene rings is 1. The van der Waals surface area contributed by atoms with Gasteiger partial charge in [0.15, 0.2) is 0 Å². The first-order valence-electron chi connectivity index (χ1n) is 10.6.